The minimum atomic E-state index is -0.495. The fourth-order valence-corrected chi connectivity index (χ4v) is 0.837. The van der Waals surface area contributed by atoms with Crippen LogP contribution in [-0.2, 0) is 0 Å². The van der Waals surface area contributed by atoms with Gasteiger partial charge in [-0.3, -0.25) is 0 Å². The molecule has 1 heteroatoms. The molecule has 0 aromatic carbocycles. The lowest BCUT2D eigenvalue weighted by Gasteiger charge is -1.95. The highest BCUT2D eigenvalue weighted by Crippen LogP contribution is 1.93. The van der Waals surface area contributed by atoms with Crippen LogP contribution < -0.4 is 0 Å². The van der Waals surface area contributed by atoms with Gasteiger partial charge in [0.1, 0.15) is 6.10 Å². The van der Waals surface area contributed by atoms with E-state index in [4.69, 9.17) is 0 Å². The van der Waals surface area contributed by atoms with Gasteiger partial charge in [-0.1, -0.05) is 38.5 Å². The number of rotatable bonds is 4. The number of hydrogen-bond donors (Lipinski definition) is 1. The average molecular weight is 178 g/mol. The van der Waals surface area contributed by atoms with Crippen molar-refractivity contribution in [3.63, 3.8) is 0 Å². The Bertz CT molecular complexity index is 221. The molecule has 1 atom stereocenters. The lowest BCUT2D eigenvalue weighted by Crippen LogP contribution is -2.00. The van der Waals surface area contributed by atoms with E-state index in [1.54, 1.807) is 0 Å². The van der Waals surface area contributed by atoms with Gasteiger partial charge in [-0.15, -0.1) is 0 Å². The Balaban J connectivity index is 3.61. The van der Waals surface area contributed by atoms with Crippen LogP contribution in [0, 0.1) is 23.7 Å². The molecule has 0 amide bonds. The van der Waals surface area contributed by atoms with Gasteiger partial charge in [0.2, 0.25) is 0 Å². The summed E-state index contributed by atoms with van der Waals surface area (Å²) in [7, 11) is 0. The summed E-state index contributed by atoms with van der Waals surface area (Å²) in [5.74, 6) is 11.0. The normalized spacial score (nSPS) is 10.7. The fourth-order valence-electron chi connectivity index (χ4n) is 0.837. The lowest BCUT2D eigenvalue weighted by molar-refractivity contribution is 0.221. The molecule has 0 saturated heterocycles. The highest BCUT2D eigenvalue weighted by atomic mass is 16.3. The third-order valence-electron chi connectivity index (χ3n) is 1.61. The zero-order valence-electron chi connectivity index (χ0n) is 8.56. The van der Waals surface area contributed by atoms with Crippen LogP contribution in [0.15, 0.2) is 0 Å². The summed E-state index contributed by atoms with van der Waals surface area (Å²) in [5, 5.41) is 9.21. The minimum absolute atomic E-state index is 0.495. The van der Waals surface area contributed by atoms with E-state index in [2.05, 4.69) is 30.6 Å². The summed E-state index contributed by atoms with van der Waals surface area (Å²) >= 11 is 0. The van der Waals surface area contributed by atoms with Crippen molar-refractivity contribution in [2.45, 2.75) is 52.1 Å². The molecule has 1 N–H and O–H groups in total. The standard InChI is InChI=1S/C12H18O/c1-3-5-6-7-8-9-11-12(13)10-4-2/h12-13H,3-6,10H2,1-2H3/t12-/m0/s1. The SMILES string of the molecule is CCCCC#CC#C[C@@H](O)CCC. The maximum Gasteiger partial charge on any atom is 0.115 e. The molecule has 0 fully saturated rings. The molecule has 0 unspecified atom stereocenters. The Morgan fingerprint density at radius 1 is 1.15 bits per heavy atom. The molecule has 0 aliphatic heterocycles. The second-order valence-electron chi connectivity index (χ2n) is 2.98. The Morgan fingerprint density at radius 2 is 1.92 bits per heavy atom. The van der Waals surface area contributed by atoms with Crippen molar-refractivity contribution in [1.29, 1.82) is 0 Å². The van der Waals surface area contributed by atoms with Gasteiger partial charge in [0.25, 0.3) is 0 Å². The Hall–Kier alpha value is -0.920. The first-order chi connectivity index (χ1) is 6.31. The van der Waals surface area contributed by atoms with Gasteiger partial charge in [-0.25, -0.2) is 0 Å². The van der Waals surface area contributed by atoms with Gasteiger partial charge < -0.3 is 5.11 Å². The van der Waals surface area contributed by atoms with Gasteiger partial charge in [0.15, 0.2) is 0 Å². The van der Waals surface area contributed by atoms with Crippen LogP contribution in [0.2, 0.25) is 0 Å². The number of aliphatic hydroxyl groups excluding tert-OH is 1. The molecule has 0 aromatic rings. The van der Waals surface area contributed by atoms with Crippen LogP contribution in [-0.4, -0.2) is 11.2 Å². The molecule has 0 rings (SSSR count). The van der Waals surface area contributed by atoms with Gasteiger partial charge in [0.05, 0.1) is 0 Å². The minimum Gasteiger partial charge on any atom is -0.380 e. The van der Waals surface area contributed by atoms with Crippen LogP contribution in [0.1, 0.15) is 46.0 Å². The zero-order valence-corrected chi connectivity index (χ0v) is 8.56. The van der Waals surface area contributed by atoms with Gasteiger partial charge >= 0.3 is 0 Å². The van der Waals surface area contributed by atoms with E-state index in [0.29, 0.717) is 0 Å². The van der Waals surface area contributed by atoms with E-state index >= 15 is 0 Å². The smallest absolute Gasteiger partial charge is 0.115 e. The van der Waals surface area contributed by atoms with Crippen molar-refractivity contribution in [2.24, 2.45) is 0 Å². The summed E-state index contributed by atoms with van der Waals surface area (Å²) in [5.41, 5.74) is 0. The van der Waals surface area contributed by atoms with Gasteiger partial charge in [0, 0.05) is 6.42 Å². The molecular formula is C12H18O. The van der Waals surface area contributed by atoms with Crippen molar-refractivity contribution in [3.8, 4) is 23.7 Å². The van der Waals surface area contributed by atoms with Gasteiger partial charge in [-0.2, -0.15) is 0 Å². The Labute approximate surface area is 81.5 Å². The van der Waals surface area contributed by atoms with Crippen molar-refractivity contribution < 1.29 is 5.11 Å². The highest BCUT2D eigenvalue weighted by Gasteiger charge is 1.93. The molecule has 0 bridgehead atoms. The van der Waals surface area contributed by atoms with E-state index in [9.17, 15) is 5.11 Å². The highest BCUT2D eigenvalue weighted by molar-refractivity contribution is 5.27. The van der Waals surface area contributed by atoms with Crippen molar-refractivity contribution in [2.75, 3.05) is 0 Å². The summed E-state index contributed by atoms with van der Waals surface area (Å²) in [6, 6.07) is 0. The molecule has 0 aromatic heterocycles. The predicted octanol–water partition coefficient (Wildman–Crippen LogP) is 2.34. The molecule has 0 aliphatic carbocycles. The van der Waals surface area contributed by atoms with Crippen molar-refractivity contribution in [1.82, 2.24) is 0 Å². The molecular weight excluding hydrogens is 160 g/mol. The summed E-state index contributed by atoms with van der Waals surface area (Å²) in [6.45, 7) is 4.16. The third-order valence-corrected chi connectivity index (χ3v) is 1.61. The maximum atomic E-state index is 9.21. The van der Waals surface area contributed by atoms with Crippen LogP contribution in [0.5, 0.6) is 0 Å². The second kappa shape index (κ2) is 9.17. The van der Waals surface area contributed by atoms with Crippen molar-refractivity contribution in [3.05, 3.63) is 0 Å². The summed E-state index contributed by atoms with van der Waals surface area (Å²) < 4.78 is 0. The molecule has 0 radical (unpaired) electrons. The van der Waals surface area contributed by atoms with E-state index in [-0.39, 0.29) is 0 Å². The number of hydrogen-bond acceptors (Lipinski definition) is 1. The fraction of sp³-hybridized carbons (Fsp3) is 0.667. The van der Waals surface area contributed by atoms with E-state index in [0.717, 1.165) is 25.7 Å². The number of aliphatic hydroxyl groups is 1. The van der Waals surface area contributed by atoms with E-state index in [1.807, 2.05) is 6.92 Å². The molecule has 1 nitrogen and oxygen atoms in total. The van der Waals surface area contributed by atoms with Crippen LogP contribution in [0.4, 0.5) is 0 Å². The summed E-state index contributed by atoms with van der Waals surface area (Å²) in [6.07, 6.45) is 4.41. The maximum absolute atomic E-state index is 9.21. The first-order valence-corrected chi connectivity index (χ1v) is 4.97. The first kappa shape index (κ1) is 12.1. The average Bonchev–Trinajstić information content (AvgIpc) is 2.11. The summed E-state index contributed by atoms with van der Waals surface area (Å²) in [4.78, 5) is 0. The molecule has 0 aliphatic rings. The van der Waals surface area contributed by atoms with Crippen molar-refractivity contribution >= 4 is 0 Å². The molecule has 0 saturated carbocycles. The van der Waals surface area contributed by atoms with Crippen LogP contribution in [0.3, 0.4) is 0 Å². The van der Waals surface area contributed by atoms with E-state index < -0.39 is 6.10 Å². The third kappa shape index (κ3) is 8.99. The Kier molecular flexibility index (Phi) is 8.52. The number of unbranched alkanes of at least 4 members (excludes halogenated alkanes) is 2. The van der Waals surface area contributed by atoms with E-state index in [1.165, 1.54) is 6.42 Å². The van der Waals surface area contributed by atoms with Crippen LogP contribution in [0.25, 0.3) is 0 Å². The van der Waals surface area contributed by atoms with Gasteiger partial charge in [-0.05, 0) is 24.7 Å². The monoisotopic (exact) mass is 178 g/mol. The topological polar surface area (TPSA) is 20.2 Å². The molecule has 72 valence electrons. The second-order valence-corrected chi connectivity index (χ2v) is 2.98. The first-order valence-electron chi connectivity index (χ1n) is 4.97. The Morgan fingerprint density at radius 3 is 2.54 bits per heavy atom. The largest absolute Gasteiger partial charge is 0.380 e. The molecule has 0 spiro atoms. The van der Waals surface area contributed by atoms with Crippen LogP contribution >= 0.6 is 0 Å². The molecule has 13 heavy (non-hydrogen) atoms. The predicted molar refractivity (Wildman–Crippen MR) is 56.0 cm³/mol. The quantitative estimate of drug-likeness (QED) is 0.517. The molecule has 0 heterocycles. The lowest BCUT2D eigenvalue weighted by atomic mass is 10.2. The zero-order chi connectivity index (χ0) is 9.94.